The molecule has 456 valence electrons. The maximum atomic E-state index is 3.81. The second-order valence-corrected chi connectivity index (χ2v) is 28.0. The first-order valence-corrected chi connectivity index (χ1v) is 34.9. The molecule has 10 aromatic carbocycles. The number of rotatable bonds is 16. The summed E-state index contributed by atoms with van der Waals surface area (Å²) in [6.45, 7) is 27.4. The number of hydrogen-bond acceptors (Lipinski definition) is 0. The molecule has 0 aliphatic carbocycles. The lowest BCUT2D eigenvalue weighted by molar-refractivity contribution is 0.793. The average Bonchev–Trinajstić information content (AvgIpc) is 1.56. The van der Waals surface area contributed by atoms with E-state index in [4.69, 9.17) is 0 Å². The second kappa shape index (κ2) is 25.2. The number of halogens is 2. The van der Waals surface area contributed by atoms with E-state index in [1.165, 1.54) is 228 Å². The summed E-state index contributed by atoms with van der Waals surface area (Å²) in [5.41, 5.74) is 31.7. The highest BCUT2D eigenvalue weighted by Crippen LogP contribution is 2.45. The van der Waals surface area contributed by atoms with Gasteiger partial charge in [-0.1, -0.05) is 170 Å². The van der Waals surface area contributed by atoms with Crippen LogP contribution in [0.25, 0.3) is 110 Å². The Morgan fingerprint density at radius 3 is 0.722 bits per heavy atom. The molecule has 0 saturated heterocycles. The Bertz CT molecular complexity index is 4720. The summed E-state index contributed by atoms with van der Waals surface area (Å²) in [7, 11) is 0. The normalized spacial score (nSPS) is 12.0. The van der Waals surface area contributed by atoms with Gasteiger partial charge in [-0.05, 0) is 246 Å². The number of fused-ring (bicyclic) bond motifs is 12. The molecule has 0 amide bonds. The van der Waals surface area contributed by atoms with Crippen LogP contribution in [0.3, 0.4) is 0 Å². The quantitative estimate of drug-likeness (QED) is 0.0919. The Morgan fingerprint density at radius 1 is 0.244 bits per heavy atom. The van der Waals surface area contributed by atoms with Crippen molar-refractivity contribution in [2.75, 3.05) is 0 Å². The number of para-hydroxylation sites is 2. The summed E-state index contributed by atoms with van der Waals surface area (Å²) in [5, 5.41) is 10.3. The molecule has 0 aliphatic heterocycles. The number of nitrogens with zero attached hydrogens (tertiary/aromatic N) is 4. The average molecular weight is 1310 g/mol. The minimum absolute atomic E-state index is 1.10. The molecule has 6 heteroatoms. The lowest BCUT2D eigenvalue weighted by Crippen LogP contribution is -2.03. The summed E-state index contributed by atoms with van der Waals surface area (Å²) >= 11 is 7.61. The van der Waals surface area contributed by atoms with Gasteiger partial charge >= 0.3 is 0 Å². The topological polar surface area (TPSA) is 19.7 Å². The van der Waals surface area contributed by atoms with Gasteiger partial charge in [-0.3, -0.25) is 0 Å². The van der Waals surface area contributed by atoms with Gasteiger partial charge in [0.25, 0.3) is 0 Å². The Morgan fingerprint density at radius 2 is 0.467 bits per heavy atom. The van der Waals surface area contributed by atoms with Crippen molar-refractivity contribution < 1.29 is 0 Å². The van der Waals surface area contributed by atoms with E-state index in [1.807, 2.05) is 0 Å². The highest BCUT2D eigenvalue weighted by molar-refractivity contribution is 9.10. The zero-order valence-corrected chi connectivity index (χ0v) is 58.2. The summed E-state index contributed by atoms with van der Waals surface area (Å²) in [4.78, 5) is 0. The van der Waals surface area contributed by atoms with E-state index in [2.05, 4.69) is 291 Å². The molecule has 0 spiro atoms. The monoisotopic (exact) mass is 1310 g/mol. The number of hydrogen-bond donors (Lipinski definition) is 0. The van der Waals surface area contributed by atoms with Gasteiger partial charge in [0.15, 0.2) is 0 Å². The standard InChI is InChI=1S/C42H42Br2N2.C42H44N2/c1-7-9-11-29-17-25(3)41(26(4)18-29)45-37-15-13-31(43)21-33(37)35-24-40-36(23-39(35)45)34-22-32(44)14-16-38(34)46(40)42-27(5)19-30(12-10-8-2)20-28(42)6;1-7-9-15-31-21-27(3)41(28(4)22-31)43-37-19-13-11-17-33(37)35-26-40-36(25-39(35)43)34-18-12-14-20-38(34)44(40)42-29(5)23-32(16-10-8-2)24-30(42)6/h13-24H,7-12H2,1-6H3;11-14,17-26H,7-10,15-16H2,1-6H3. The van der Waals surface area contributed by atoms with Crippen LogP contribution in [0.2, 0.25) is 0 Å². The molecular formula is C84H86Br2N4. The fourth-order valence-electron chi connectivity index (χ4n) is 15.6. The van der Waals surface area contributed by atoms with Gasteiger partial charge in [0, 0.05) is 52.0 Å². The molecule has 0 radical (unpaired) electrons. The third kappa shape index (κ3) is 10.8. The maximum Gasteiger partial charge on any atom is 0.0549 e. The smallest absolute Gasteiger partial charge is 0.0549 e. The molecule has 90 heavy (non-hydrogen) atoms. The molecule has 4 aromatic heterocycles. The predicted molar refractivity (Wildman–Crippen MR) is 398 cm³/mol. The predicted octanol–water partition coefficient (Wildman–Crippen LogP) is 25.1. The summed E-state index contributed by atoms with van der Waals surface area (Å²) in [5.74, 6) is 0. The minimum Gasteiger partial charge on any atom is -0.309 e. The highest BCUT2D eigenvalue weighted by atomic mass is 79.9. The Balaban J connectivity index is 0.000000165. The fraction of sp³-hybridized carbons (Fsp3) is 0.286. The SMILES string of the molecule is CCCCc1cc(C)c(-n2c3ccc(Br)cc3c3cc4c(cc32)c2cc(Br)ccc2n4-c2c(C)cc(CCCC)cc2C)c(C)c1.CCCCc1cc(C)c(-n2c3ccccc3c3cc4c(cc32)c2ccccc2n4-c2c(C)cc(CCCC)cc2C)c(C)c1. The molecule has 4 nitrogen and oxygen atoms in total. The van der Waals surface area contributed by atoms with Crippen molar-refractivity contribution in [2.45, 2.75) is 160 Å². The molecule has 0 N–H and O–H groups in total. The molecular weight excluding hydrogens is 1220 g/mol. The van der Waals surface area contributed by atoms with Crippen molar-refractivity contribution >= 4 is 119 Å². The molecule has 14 aromatic rings. The lowest BCUT2D eigenvalue weighted by Gasteiger charge is -2.17. The van der Waals surface area contributed by atoms with Crippen molar-refractivity contribution in [1.29, 1.82) is 0 Å². The highest BCUT2D eigenvalue weighted by Gasteiger charge is 2.25. The van der Waals surface area contributed by atoms with Crippen LogP contribution in [0.15, 0.2) is 167 Å². The van der Waals surface area contributed by atoms with Crippen molar-refractivity contribution in [3.05, 3.63) is 233 Å². The maximum absolute atomic E-state index is 3.81. The van der Waals surface area contributed by atoms with Gasteiger partial charge in [-0.15, -0.1) is 0 Å². The third-order valence-electron chi connectivity index (χ3n) is 19.4. The Labute approximate surface area is 549 Å². The van der Waals surface area contributed by atoms with Gasteiger partial charge in [0.05, 0.1) is 66.9 Å². The zero-order valence-electron chi connectivity index (χ0n) is 55.0. The van der Waals surface area contributed by atoms with E-state index in [9.17, 15) is 0 Å². The van der Waals surface area contributed by atoms with Gasteiger partial charge in [-0.25, -0.2) is 0 Å². The van der Waals surface area contributed by atoms with E-state index in [0.717, 1.165) is 34.6 Å². The van der Waals surface area contributed by atoms with Crippen molar-refractivity contribution in [1.82, 2.24) is 18.3 Å². The summed E-state index contributed by atoms with van der Waals surface area (Å²) < 4.78 is 12.3. The van der Waals surface area contributed by atoms with E-state index in [1.54, 1.807) is 0 Å². The summed E-state index contributed by atoms with van der Waals surface area (Å²) in [6.07, 6.45) is 14.3. The van der Waals surface area contributed by atoms with Gasteiger partial charge in [0.2, 0.25) is 0 Å². The molecule has 0 saturated carbocycles. The largest absolute Gasteiger partial charge is 0.309 e. The molecule has 0 atom stereocenters. The van der Waals surface area contributed by atoms with Crippen molar-refractivity contribution in [3.8, 4) is 22.7 Å². The van der Waals surface area contributed by atoms with E-state index in [-0.39, 0.29) is 0 Å². The Hall–Kier alpha value is -7.64. The summed E-state index contributed by atoms with van der Waals surface area (Å²) in [6, 6.07) is 60.5. The molecule has 0 unspecified atom stereocenters. The van der Waals surface area contributed by atoms with E-state index in [0.29, 0.717) is 0 Å². The van der Waals surface area contributed by atoms with E-state index < -0.39 is 0 Å². The van der Waals surface area contributed by atoms with Crippen LogP contribution in [-0.4, -0.2) is 18.3 Å². The zero-order chi connectivity index (χ0) is 62.8. The first-order chi connectivity index (χ1) is 43.6. The lowest BCUT2D eigenvalue weighted by atomic mass is 10.00. The van der Waals surface area contributed by atoms with Crippen LogP contribution >= 0.6 is 31.9 Å². The second-order valence-electron chi connectivity index (χ2n) is 26.2. The van der Waals surface area contributed by atoms with Crippen LogP contribution in [0.5, 0.6) is 0 Å². The molecule has 4 heterocycles. The number of benzene rings is 10. The van der Waals surface area contributed by atoms with E-state index >= 15 is 0 Å². The number of unbranched alkanes of at least 4 members (excludes halogenated alkanes) is 4. The fourth-order valence-corrected chi connectivity index (χ4v) is 16.3. The first kappa shape index (κ1) is 61.2. The van der Waals surface area contributed by atoms with Crippen LogP contribution in [-0.2, 0) is 25.7 Å². The Kier molecular flexibility index (Phi) is 17.2. The van der Waals surface area contributed by atoms with Gasteiger partial charge < -0.3 is 18.3 Å². The van der Waals surface area contributed by atoms with Crippen molar-refractivity contribution in [2.24, 2.45) is 0 Å². The third-order valence-corrected chi connectivity index (χ3v) is 20.4. The van der Waals surface area contributed by atoms with Crippen LogP contribution in [0.4, 0.5) is 0 Å². The number of aryl methyl sites for hydroxylation is 12. The molecule has 0 aliphatic rings. The van der Waals surface area contributed by atoms with Gasteiger partial charge in [0.1, 0.15) is 0 Å². The van der Waals surface area contributed by atoms with Crippen molar-refractivity contribution in [3.63, 3.8) is 0 Å². The van der Waals surface area contributed by atoms with Gasteiger partial charge in [-0.2, -0.15) is 0 Å². The minimum atomic E-state index is 1.10. The number of aromatic nitrogens is 4. The first-order valence-electron chi connectivity index (χ1n) is 33.4. The van der Waals surface area contributed by atoms with Crippen LogP contribution in [0, 0.1) is 55.4 Å². The molecule has 0 bridgehead atoms. The molecule has 14 rings (SSSR count). The van der Waals surface area contributed by atoms with Crippen LogP contribution < -0.4 is 0 Å². The molecule has 0 fully saturated rings. The van der Waals surface area contributed by atoms with Crippen LogP contribution in [0.1, 0.15) is 146 Å².